The van der Waals surface area contributed by atoms with Gasteiger partial charge in [-0.2, -0.15) is 0 Å². The Labute approximate surface area is 142 Å². The van der Waals surface area contributed by atoms with Crippen LogP contribution in [0.4, 0.5) is 0 Å². The van der Waals surface area contributed by atoms with Gasteiger partial charge in [0.2, 0.25) is 0 Å². The second-order valence-corrected chi connectivity index (χ2v) is 8.77. The zero-order valence-electron chi connectivity index (χ0n) is 13.5. The molecule has 0 aliphatic heterocycles. The molecule has 21 heavy (non-hydrogen) atoms. The summed E-state index contributed by atoms with van der Waals surface area (Å²) in [5, 5.41) is 0.786. The van der Waals surface area contributed by atoms with E-state index in [-0.39, 0.29) is 5.41 Å². The Hall–Kier alpha value is -0.210. The molecule has 1 aliphatic rings. The van der Waals surface area contributed by atoms with Crippen molar-refractivity contribution in [2.75, 3.05) is 7.11 Å². The van der Waals surface area contributed by atoms with Crippen molar-refractivity contribution in [1.29, 1.82) is 0 Å². The third-order valence-electron chi connectivity index (χ3n) is 4.93. The van der Waals surface area contributed by atoms with Crippen molar-refractivity contribution >= 4 is 27.5 Å². The van der Waals surface area contributed by atoms with Crippen molar-refractivity contribution in [3.8, 4) is 5.75 Å². The van der Waals surface area contributed by atoms with Crippen molar-refractivity contribution in [2.24, 2.45) is 17.3 Å². The summed E-state index contributed by atoms with van der Waals surface area (Å²) >= 11 is 10.1. The first-order valence-corrected chi connectivity index (χ1v) is 9.09. The number of methoxy groups -OCH3 is 1. The number of rotatable bonds is 4. The molecule has 1 nitrogen and oxygen atoms in total. The second kappa shape index (κ2) is 6.91. The van der Waals surface area contributed by atoms with Crippen LogP contribution in [-0.2, 0) is 6.42 Å². The van der Waals surface area contributed by atoms with Gasteiger partial charge < -0.3 is 4.74 Å². The van der Waals surface area contributed by atoms with Crippen LogP contribution in [0.1, 0.15) is 45.6 Å². The van der Waals surface area contributed by atoms with Crippen LogP contribution in [0.2, 0.25) is 5.02 Å². The van der Waals surface area contributed by atoms with E-state index in [4.69, 9.17) is 16.3 Å². The minimum absolute atomic E-state index is 0.228. The fourth-order valence-electron chi connectivity index (χ4n) is 3.70. The largest absolute Gasteiger partial charge is 0.496 e. The zero-order valence-corrected chi connectivity index (χ0v) is 15.8. The number of halogens is 2. The lowest BCUT2D eigenvalue weighted by molar-refractivity contribution is 0.146. The van der Waals surface area contributed by atoms with Crippen molar-refractivity contribution in [1.82, 2.24) is 0 Å². The number of ether oxygens (including phenoxy) is 1. The van der Waals surface area contributed by atoms with Crippen LogP contribution >= 0.6 is 27.5 Å². The molecule has 0 saturated heterocycles. The first-order valence-electron chi connectivity index (χ1n) is 7.80. The highest BCUT2D eigenvalue weighted by atomic mass is 79.9. The molecule has 0 bridgehead atoms. The molecule has 0 amide bonds. The monoisotopic (exact) mass is 372 g/mol. The standard InChI is InChI=1S/C18H26BrClO/c1-12-5-7-15(16(19)9-12)18(2,3)11-13-10-14(20)6-8-17(13)21-4/h6,8,10,12,15-16H,5,7,9,11H2,1-4H3. The average Bonchev–Trinajstić information content (AvgIpc) is 2.37. The Morgan fingerprint density at radius 2 is 2.05 bits per heavy atom. The maximum atomic E-state index is 6.17. The highest BCUT2D eigenvalue weighted by molar-refractivity contribution is 9.09. The van der Waals surface area contributed by atoms with E-state index in [1.54, 1.807) is 7.11 Å². The van der Waals surface area contributed by atoms with Gasteiger partial charge in [-0.25, -0.2) is 0 Å². The number of hydrogen-bond acceptors (Lipinski definition) is 1. The Morgan fingerprint density at radius 1 is 1.33 bits per heavy atom. The molecule has 0 spiro atoms. The number of hydrogen-bond donors (Lipinski definition) is 0. The fourth-order valence-corrected chi connectivity index (χ4v) is 5.51. The maximum Gasteiger partial charge on any atom is 0.122 e. The summed E-state index contributed by atoms with van der Waals surface area (Å²) in [6.07, 6.45) is 4.91. The van der Waals surface area contributed by atoms with Crippen molar-refractivity contribution in [2.45, 2.75) is 51.3 Å². The summed E-state index contributed by atoms with van der Waals surface area (Å²) in [5.41, 5.74) is 1.44. The smallest absolute Gasteiger partial charge is 0.122 e. The predicted octanol–water partition coefficient (Wildman–Crippen LogP) is 6.12. The van der Waals surface area contributed by atoms with Crippen LogP contribution in [0, 0.1) is 17.3 Å². The van der Waals surface area contributed by atoms with E-state index in [1.165, 1.54) is 24.8 Å². The molecule has 2 rings (SSSR count). The van der Waals surface area contributed by atoms with Crippen molar-refractivity contribution in [3.63, 3.8) is 0 Å². The summed E-state index contributed by atoms with van der Waals surface area (Å²) in [5.74, 6) is 2.47. The lowest BCUT2D eigenvalue weighted by atomic mass is 9.66. The minimum Gasteiger partial charge on any atom is -0.496 e. The van der Waals surface area contributed by atoms with Crippen LogP contribution in [0.25, 0.3) is 0 Å². The molecule has 3 atom stereocenters. The second-order valence-electron chi connectivity index (χ2n) is 7.16. The molecule has 1 saturated carbocycles. The summed E-state index contributed by atoms with van der Waals surface area (Å²) in [6, 6.07) is 5.92. The lowest BCUT2D eigenvalue weighted by Crippen LogP contribution is -2.37. The van der Waals surface area contributed by atoms with Gasteiger partial charge in [0.05, 0.1) is 7.11 Å². The summed E-state index contributed by atoms with van der Waals surface area (Å²) < 4.78 is 5.51. The third kappa shape index (κ3) is 4.16. The van der Waals surface area contributed by atoms with Gasteiger partial charge in [0, 0.05) is 9.85 Å². The highest BCUT2D eigenvalue weighted by Gasteiger charge is 2.38. The Balaban J connectivity index is 2.19. The number of benzene rings is 1. The molecule has 1 aliphatic carbocycles. The van der Waals surface area contributed by atoms with E-state index in [2.05, 4.69) is 42.8 Å². The van der Waals surface area contributed by atoms with Crippen LogP contribution in [0.5, 0.6) is 5.75 Å². The summed E-state index contributed by atoms with van der Waals surface area (Å²) in [7, 11) is 1.73. The summed E-state index contributed by atoms with van der Waals surface area (Å²) in [6.45, 7) is 7.11. The molecule has 0 N–H and O–H groups in total. The van der Waals surface area contributed by atoms with Crippen molar-refractivity contribution in [3.05, 3.63) is 28.8 Å². The third-order valence-corrected chi connectivity index (χ3v) is 6.17. The molecule has 3 unspecified atom stereocenters. The molecular weight excluding hydrogens is 348 g/mol. The van der Waals surface area contributed by atoms with Crippen LogP contribution in [-0.4, -0.2) is 11.9 Å². The topological polar surface area (TPSA) is 9.23 Å². The Kier molecular flexibility index (Phi) is 5.65. The van der Waals surface area contributed by atoms with E-state index in [0.717, 1.165) is 23.1 Å². The van der Waals surface area contributed by atoms with E-state index in [1.807, 2.05) is 12.1 Å². The molecule has 0 radical (unpaired) electrons. The molecule has 1 fully saturated rings. The normalized spacial score (nSPS) is 26.7. The van der Waals surface area contributed by atoms with E-state index >= 15 is 0 Å². The SMILES string of the molecule is COc1ccc(Cl)cc1CC(C)(C)C1CCC(C)CC1Br. The molecular formula is C18H26BrClO. The van der Waals surface area contributed by atoms with Gasteiger partial charge in [-0.05, 0) is 60.3 Å². The quantitative estimate of drug-likeness (QED) is 0.578. The molecule has 118 valence electrons. The molecule has 1 aromatic carbocycles. The molecule has 0 heterocycles. The van der Waals surface area contributed by atoms with Crippen LogP contribution in [0.3, 0.4) is 0 Å². The lowest BCUT2D eigenvalue weighted by Gasteiger charge is -2.42. The summed E-state index contributed by atoms with van der Waals surface area (Å²) in [4.78, 5) is 0.612. The molecule has 0 aromatic heterocycles. The number of alkyl halides is 1. The van der Waals surface area contributed by atoms with E-state index in [9.17, 15) is 0 Å². The highest BCUT2D eigenvalue weighted by Crippen LogP contribution is 2.46. The zero-order chi connectivity index (χ0) is 15.6. The van der Waals surface area contributed by atoms with Gasteiger partial charge in [0.15, 0.2) is 0 Å². The fraction of sp³-hybridized carbons (Fsp3) is 0.667. The van der Waals surface area contributed by atoms with Gasteiger partial charge in [-0.1, -0.05) is 54.7 Å². The van der Waals surface area contributed by atoms with E-state index in [0.29, 0.717) is 10.7 Å². The van der Waals surface area contributed by atoms with Gasteiger partial charge in [-0.3, -0.25) is 0 Å². The first kappa shape index (κ1) is 17.1. The Morgan fingerprint density at radius 3 is 2.67 bits per heavy atom. The molecule has 3 heteroatoms. The van der Waals surface area contributed by atoms with Crippen molar-refractivity contribution < 1.29 is 4.74 Å². The van der Waals surface area contributed by atoms with E-state index < -0.39 is 0 Å². The van der Waals surface area contributed by atoms with Crippen LogP contribution in [0.15, 0.2) is 18.2 Å². The minimum atomic E-state index is 0.228. The van der Waals surface area contributed by atoms with Gasteiger partial charge >= 0.3 is 0 Å². The Bertz CT molecular complexity index is 486. The average molecular weight is 374 g/mol. The molecule has 1 aromatic rings. The van der Waals surface area contributed by atoms with Gasteiger partial charge in [0.1, 0.15) is 5.75 Å². The maximum absolute atomic E-state index is 6.17. The van der Waals surface area contributed by atoms with Gasteiger partial charge in [0.25, 0.3) is 0 Å². The van der Waals surface area contributed by atoms with Crippen LogP contribution < -0.4 is 4.74 Å². The first-order chi connectivity index (χ1) is 9.83. The van der Waals surface area contributed by atoms with Gasteiger partial charge in [-0.15, -0.1) is 0 Å². The predicted molar refractivity (Wildman–Crippen MR) is 94.7 cm³/mol.